The Bertz CT molecular complexity index is 235. The Hall–Kier alpha value is -0.380. The quantitative estimate of drug-likeness (QED) is 0.525. The highest BCUT2D eigenvalue weighted by Gasteiger charge is 2.29. The number of hydrogen-bond acceptors (Lipinski definition) is 5. The molecule has 0 aliphatic carbocycles. The summed E-state index contributed by atoms with van der Waals surface area (Å²) in [6, 6.07) is 0. The zero-order valence-corrected chi connectivity index (χ0v) is 10.7. The van der Waals surface area contributed by atoms with E-state index in [0.29, 0.717) is 0 Å². The normalized spacial score (nSPS) is 12.2. The van der Waals surface area contributed by atoms with E-state index < -0.39 is 13.6 Å². The van der Waals surface area contributed by atoms with E-state index in [4.69, 9.17) is 9.05 Å². The van der Waals surface area contributed by atoms with Crippen molar-refractivity contribution < 1.29 is 23.1 Å². The van der Waals surface area contributed by atoms with Gasteiger partial charge in [0.25, 0.3) is 0 Å². The van der Waals surface area contributed by atoms with E-state index in [1.165, 1.54) is 6.92 Å². The molecule has 0 heterocycles. The summed E-state index contributed by atoms with van der Waals surface area (Å²) in [4.78, 5) is 10.6. The molecule has 0 atom stereocenters. The Morgan fingerprint density at radius 1 is 1.13 bits per heavy atom. The number of carbonyl (C=O) groups is 1. The number of rotatable bonds is 6. The fourth-order valence-corrected chi connectivity index (χ4v) is 2.69. The van der Waals surface area contributed by atoms with Crippen LogP contribution in [-0.2, 0) is 23.1 Å². The summed E-state index contributed by atoms with van der Waals surface area (Å²) >= 11 is 0. The van der Waals surface area contributed by atoms with E-state index in [1.807, 2.05) is 0 Å². The van der Waals surface area contributed by atoms with E-state index >= 15 is 0 Å². The topological polar surface area (TPSA) is 61.8 Å². The Morgan fingerprint density at radius 2 is 1.53 bits per heavy atom. The van der Waals surface area contributed by atoms with Crippen LogP contribution >= 0.6 is 7.60 Å². The van der Waals surface area contributed by atoms with E-state index in [0.717, 1.165) is 0 Å². The summed E-state index contributed by atoms with van der Waals surface area (Å²) < 4.78 is 27.0. The van der Waals surface area contributed by atoms with Crippen molar-refractivity contribution in [1.82, 2.24) is 0 Å². The van der Waals surface area contributed by atoms with E-state index in [1.54, 1.807) is 27.7 Å². The van der Waals surface area contributed by atoms with Gasteiger partial charge < -0.3 is 13.8 Å². The minimum absolute atomic E-state index is 0.245. The Balaban J connectivity index is 4.40. The largest absolute Gasteiger partial charge is 0.453 e. The van der Waals surface area contributed by atoms with Crippen LogP contribution in [0.1, 0.15) is 34.6 Å². The van der Waals surface area contributed by atoms with Crippen LogP contribution < -0.4 is 0 Å². The molecular weight excluding hydrogens is 219 g/mol. The van der Waals surface area contributed by atoms with Gasteiger partial charge in [0.2, 0.25) is 0 Å². The van der Waals surface area contributed by atoms with Gasteiger partial charge in [0, 0.05) is 6.92 Å². The molecule has 0 fully saturated rings. The maximum Gasteiger partial charge on any atom is 0.368 e. The average Bonchev–Trinajstić information content (AvgIpc) is 1.97. The van der Waals surface area contributed by atoms with Gasteiger partial charge in [0.15, 0.2) is 6.35 Å². The van der Waals surface area contributed by atoms with Crippen molar-refractivity contribution >= 4 is 13.6 Å². The molecule has 0 radical (unpaired) electrons. The molecule has 6 heteroatoms. The molecular formula is C9H19O5P. The molecule has 0 saturated heterocycles. The second kappa shape index (κ2) is 6.26. The summed E-state index contributed by atoms with van der Waals surface area (Å²) in [6.07, 6.45) is -0.825. The zero-order chi connectivity index (χ0) is 12.1. The smallest absolute Gasteiger partial charge is 0.368 e. The molecule has 0 aliphatic rings. The van der Waals surface area contributed by atoms with Crippen LogP contribution in [0.4, 0.5) is 0 Å². The van der Waals surface area contributed by atoms with E-state index in [2.05, 4.69) is 4.74 Å². The molecule has 15 heavy (non-hydrogen) atoms. The third-order valence-corrected chi connectivity index (χ3v) is 3.10. The highest BCUT2D eigenvalue weighted by atomic mass is 31.2. The summed E-state index contributed by atoms with van der Waals surface area (Å²) in [6.45, 7) is 8.21. The van der Waals surface area contributed by atoms with Gasteiger partial charge in [-0.25, -0.2) is 0 Å². The van der Waals surface area contributed by atoms with Crippen LogP contribution in [0.25, 0.3) is 0 Å². The second-order valence-electron chi connectivity index (χ2n) is 3.68. The van der Waals surface area contributed by atoms with Crippen molar-refractivity contribution in [3.05, 3.63) is 0 Å². The third kappa shape index (κ3) is 7.54. The first kappa shape index (κ1) is 14.6. The summed E-state index contributed by atoms with van der Waals surface area (Å²) in [5, 5.41) is 0. The van der Waals surface area contributed by atoms with Crippen molar-refractivity contribution in [2.75, 3.05) is 6.35 Å². The Morgan fingerprint density at radius 3 is 1.80 bits per heavy atom. The van der Waals surface area contributed by atoms with Gasteiger partial charge in [-0.1, -0.05) is 0 Å². The molecule has 0 aliphatic heterocycles. The number of esters is 1. The van der Waals surface area contributed by atoms with Gasteiger partial charge in [-0.3, -0.25) is 9.36 Å². The molecule has 0 spiro atoms. The lowest BCUT2D eigenvalue weighted by Gasteiger charge is -2.21. The second-order valence-corrected chi connectivity index (χ2v) is 5.59. The minimum atomic E-state index is -3.33. The van der Waals surface area contributed by atoms with Crippen molar-refractivity contribution in [3.63, 3.8) is 0 Å². The molecule has 0 aromatic rings. The fourth-order valence-electron chi connectivity index (χ4n) is 0.898. The van der Waals surface area contributed by atoms with Crippen LogP contribution in [0.3, 0.4) is 0 Å². The molecule has 0 N–H and O–H groups in total. The first-order valence-electron chi connectivity index (χ1n) is 4.84. The van der Waals surface area contributed by atoms with Crippen molar-refractivity contribution in [2.45, 2.75) is 46.8 Å². The molecule has 0 aromatic heterocycles. The lowest BCUT2D eigenvalue weighted by atomic mass is 10.5. The maximum absolute atomic E-state index is 12.0. The summed E-state index contributed by atoms with van der Waals surface area (Å²) in [5.74, 6) is -0.505. The predicted octanol–water partition coefficient (Wildman–Crippen LogP) is 2.55. The average molecular weight is 238 g/mol. The SMILES string of the molecule is CC(=O)OCP(=O)(OC(C)C)OC(C)C. The first-order chi connectivity index (χ1) is 6.75. The number of carbonyl (C=O) groups excluding carboxylic acids is 1. The highest BCUT2D eigenvalue weighted by molar-refractivity contribution is 7.53. The minimum Gasteiger partial charge on any atom is -0.453 e. The number of ether oxygens (including phenoxy) is 1. The van der Waals surface area contributed by atoms with Crippen molar-refractivity contribution in [3.8, 4) is 0 Å². The maximum atomic E-state index is 12.0. The standard InChI is InChI=1S/C9H19O5P/c1-7(2)13-15(11,14-8(3)4)6-12-9(5)10/h7-8H,6H2,1-5H3. The molecule has 0 bridgehead atoms. The van der Waals surface area contributed by atoms with Crippen LogP contribution in [0.5, 0.6) is 0 Å². The lowest BCUT2D eigenvalue weighted by molar-refractivity contribution is -0.139. The third-order valence-electron chi connectivity index (χ3n) is 1.17. The Kier molecular flexibility index (Phi) is 6.10. The van der Waals surface area contributed by atoms with Crippen molar-refractivity contribution in [1.29, 1.82) is 0 Å². The fraction of sp³-hybridized carbons (Fsp3) is 0.889. The van der Waals surface area contributed by atoms with Crippen LogP contribution in [0, 0.1) is 0 Å². The Labute approximate surface area is 90.6 Å². The predicted molar refractivity (Wildman–Crippen MR) is 56.7 cm³/mol. The van der Waals surface area contributed by atoms with Gasteiger partial charge in [0.1, 0.15) is 0 Å². The van der Waals surface area contributed by atoms with Crippen LogP contribution in [0.15, 0.2) is 0 Å². The number of hydrogen-bond donors (Lipinski definition) is 0. The van der Waals surface area contributed by atoms with E-state index in [9.17, 15) is 9.36 Å². The van der Waals surface area contributed by atoms with Gasteiger partial charge in [-0.2, -0.15) is 0 Å². The summed E-state index contributed by atoms with van der Waals surface area (Å²) in [7, 11) is -3.33. The molecule has 5 nitrogen and oxygen atoms in total. The van der Waals surface area contributed by atoms with Crippen LogP contribution in [0.2, 0.25) is 0 Å². The van der Waals surface area contributed by atoms with Gasteiger partial charge in [0.05, 0.1) is 12.2 Å². The molecule has 0 rings (SSSR count). The van der Waals surface area contributed by atoms with Crippen LogP contribution in [-0.4, -0.2) is 24.5 Å². The molecule has 0 amide bonds. The van der Waals surface area contributed by atoms with Crippen molar-refractivity contribution in [2.24, 2.45) is 0 Å². The highest BCUT2D eigenvalue weighted by Crippen LogP contribution is 2.50. The first-order valence-corrected chi connectivity index (χ1v) is 6.57. The van der Waals surface area contributed by atoms with Gasteiger partial charge in [-0.15, -0.1) is 0 Å². The molecule has 0 aromatic carbocycles. The molecule has 0 unspecified atom stereocenters. The monoisotopic (exact) mass is 238 g/mol. The molecule has 90 valence electrons. The van der Waals surface area contributed by atoms with Gasteiger partial charge in [-0.05, 0) is 27.7 Å². The van der Waals surface area contributed by atoms with E-state index in [-0.39, 0.29) is 18.6 Å². The lowest BCUT2D eigenvalue weighted by Crippen LogP contribution is -2.13. The van der Waals surface area contributed by atoms with Gasteiger partial charge >= 0.3 is 13.6 Å². The summed E-state index contributed by atoms with van der Waals surface area (Å²) in [5.41, 5.74) is 0. The molecule has 0 saturated carbocycles. The zero-order valence-electron chi connectivity index (χ0n) is 9.85.